The van der Waals surface area contributed by atoms with Crippen molar-refractivity contribution in [3.8, 4) is 0 Å². The molecule has 60 valence electrons. The van der Waals surface area contributed by atoms with E-state index < -0.39 is 0 Å². The number of nitrogens with two attached hydrogens (primary N) is 1. The molecule has 0 aliphatic rings. The Morgan fingerprint density at radius 3 is 2.82 bits per heavy atom. The van der Waals surface area contributed by atoms with E-state index in [1.54, 1.807) is 0 Å². The molecule has 2 nitrogen and oxygen atoms in total. The molecular weight excluding hydrogens is 251 g/mol. The SMILES string of the molecule is CCNc1ccc(N)cc1I. The van der Waals surface area contributed by atoms with Crippen LogP contribution in [0.25, 0.3) is 0 Å². The van der Waals surface area contributed by atoms with Gasteiger partial charge in [-0.25, -0.2) is 0 Å². The van der Waals surface area contributed by atoms with Crippen molar-refractivity contribution in [1.82, 2.24) is 0 Å². The minimum Gasteiger partial charge on any atom is -0.399 e. The summed E-state index contributed by atoms with van der Waals surface area (Å²) >= 11 is 2.27. The maximum Gasteiger partial charge on any atom is 0.0477 e. The summed E-state index contributed by atoms with van der Waals surface area (Å²) in [5.74, 6) is 0. The second-order valence-corrected chi connectivity index (χ2v) is 3.43. The molecule has 11 heavy (non-hydrogen) atoms. The van der Waals surface area contributed by atoms with Crippen LogP contribution >= 0.6 is 22.6 Å². The molecule has 3 N–H and O–H groups in total. The highest BCUT2D eigenvalue weighted by Gasteiger charge is 1.96. The van der Waals surface area contributed by atoms with Crippen LogP contribution in [-0.4, -0.2) is 6.54 Å². The summed E-state index contributed by atoms with van der Waals surface area (Å²) in [6.07, 6.45) is 0. The zero-order valence-electron chi connectivity index (χ0n) is 6.39. The first-order valence-corrected chi connectivity index (χ1v) is 4.61. The van der Waals surface area contributed by atoms with Gasteiger partial charge in [-0.05, 0) is 47.7 Å². The molecule has 0 aromatic heterocycles. The normalized spacial score (nSPS) is 9.64. The zero-order valence-corrected chi connectivity index (χ0v) is 8.55. The first-order valence-electron chi connectivity index (χ1n) is 3.53. The molecule has 0 atom stereocenters. The fourth-order valence-corrected chi connectivity index (χ4v) is 1.60. The van der Waals surface area contributed by atoms with Gasteiger partial charge in [0, 0.05) is 21.5 Å². The van der Waals surface area contributed by atoms with Crippen molar-refractivity contribution >= 4 is 34.0 Å². The number of halogens is 1. The van der Waals surface area contributed by atoms with Crippen molar-refractivity contribution in [3.05, 3.63) is 21.8 Å². The third-order valence-corrected chi connectivity index (χ3v) is 2.25. The summed E-state index contributed by atoms with van der Waals surface area (Å²) in [4.78, 5) is 0. The molecule has 0 amide bonds. The van der Waals surface area contributed by atoms with Crippen LogP contribution in [0.4, 0.5) is 11.4 Å². The van der Waals surface area contributed by atoms with Crippen molar-refractivity contribution in [2.45, 2.75) is 6.92 Å². The van der Waals surface area contributed by atoms with E-state index in [4.69, 9.17) is 5.73 Å². The smallest absolute Gasteiger partial charge is 0.0477 e. The molecule has 0 heterocycles. The number of hydrogen-bond donors (Lipinski definition) is 2. The average Bonchev–Trinajstić information content (AvgIpc) is 1.95. The average molecular weight is 262 g/mol. The Balaban J connectivity index is 2.90. The Kier molecular flexibility index (Phi) is 2.99. The number of nitrogens with one attached hydrogen (secondary N) is 1. The second kappa shape index (κ2) is 3.80. The van der Waals surface area contributed by atoms with Crippen LogP contribution in [-0.2, 0) is 0 Å². The van der Waals surface area contributed by atoms with Gasteiger partial charge < -0.3 is 11.1 Å². The second-order valence-electron chi connectivity index (χ2n) is 2.27. The van der Waals surface area contributed by atoms with E-state index in [0.29, 0.717) is 0 Å². The van der Waals surface area contributed by atoms with Gasteiger partial charge in [0.2, 0.25) is 0 Å². The van der Waals surface area contributed by atoms with Gasteiger partial charge in [0.15, 0.2) is 0 Å². The molecule has 0 aliphatic heterocycles. The third-order valence-electron chi connectivity index (χ3n) is 1.36. The lowest BCUT2D eigenvalue weighted by Crippen LogP contribution is -1.99. The minimum atomic E-state index is 0.816. The van der Waals surface area contributed by atoms with Gasteiger partial charge in [-0.15, -0.1) is 0 Å². The first-order chi connectivity index (χ1) is 5.24. The van der Waals surface area contributed by atoms with Crippen molar-refractivity contribution in [2.75, 3.05) is 17.6 Å². The highest BCUT2D eigenvalue weighted by atomic mass is 127. The van der Waals surface area contributed by atoms with E-state index >= 15 is 0 Å². The van der Waals surface area contributed by atoms with Crippen molar-refractivity contribution in [1.29, 1.82) is 0 Å². The van der Waals surface area contributed by atoms with E-state index in [-0.39, 0.29) is 0 Å². The largest absolute Gasteiger partial charge is 0.399 e. The third kappa shape index (κ3) is 2.25. The summed E-state index contributed by atoms with van der Waals surface area (Å²) in [6.45, 7) is 3.02. The molecular formula is C8H11IN2. The molecule has 1 rings (SSSR count). The number of hydrogen-bond acceptors (Lipinski definition) is 2. The van der Waals surface area contributed by atoms with Crippen LogP contribution in [0.3, 0.4) is 0 Å². The molecule has 0 saturated carbocycles. The van der Waals surface area contributed by atoms with Crippen LogP contribution in [0.15, 0.2) is 18.2 Å². The van der Waals surface area contributed by atoms with Gasteiger partial charge in [0.1, 0.15) is 0 Å². The summed E-state index contributed by atoms with van der Waals surface area (Å²) in [5, 5.41) is 3.24. The van der Waals surface area contributed by atoms with E-state index in [0.717, 1.165) is 17.9 Å². The summed E-state index contributed by atoms with van der Waals surface area (Å²) in [6, 6.07) is 5.86. The Labute approximate surface area is 80.3 Å². The van der Waals surface area contributed by atoms with Crippen LogP contribution in [0.5, 0.6) is 0 Å². The summed E-state index contributed by atoms with van der Waals surface area (Å²) in [5.41, 5.74) is 7.56. The quantitative estimate of drug-likeness (QED) is 0.634. The highest BCUT2D eigenvalue weighted by Crippen LogP contribution is 2.20. The molecule has 0 fully saturated rings. The van der Waals surface area contributed by atoms with Crippen LogP contribution in [0, 0.1) is 3.57 Å². The molecule has 0 radical (unpaired) electrons. The zero-order chi connectivity index (χ0) is 8.27. The first kappa shape index (κ1) is 8.64. The number of rotatable bonds is 2. The highest BCUT2D eigenvalue weighted by molar-refractivity contribution is 14.1. The molecule has 0 bridgehead atoms. The maximum absolute atomic E-state index is 5.59. The fourth-order valence-electron chi connectivity index (χ4n) is 0.865. The van der Waals surface area contributed by atoms with Crippen molar-refractivity contribution < 1.29 is 0 Å². The predicted molar refractivity (Wildman–Crippen MR) is 57.7 cm³/mol. The summed E-state index contributed by atoms with van der Waals surface area (Å²) < 4.78 is 1.17. The van der Waals surface area contributed by atoms with Crippen molar-refractivity contribution in [3.63, 3.8) is 0 Å². The Morgan fingerprint density at radius 1 is 1.55 bits per heavy atom. The molecule has 0 saturated heterocycles. The van der Waals surface area contributed by atoms with Gasteiger partial charge >= 0.3 is 0 Å². The summed E-state index contributed by atoms with van der Waals surface area (Å²) in [7, 11) is 0. The van der Waals surface area contributed by atoms with Crippen LogP contribution in [0.2, 0.25) is 0 Å². The number of nitrogen functional groups attached to an aromatic ring is 1. The monoisotopic (exact) mass is 262 g/mol. The lowest BCUT2D eigenvalue weighted by molar-refractivity contribution is 1.21. The van der Waals surface area contributed by atoms with Crippen LogP contribution < -0.4 is 11.1 Å². The lowest BCUT2D eigenvalue weighted by Gasteiger charge is -2.05. The van der Waals surface area contributed by atoms with Gasteiger partial charge in [-0.3, -0.25) is 0 Å². The fraction of sp³-hybridized carbons (Fsp3) is 0.250. The maximum atomic E-state index is 5.59. The molecule has 1 aromatic carbocycles. The molecule has 3 heteroatoms. The van der Waals surface area contributed by atoms with E-state index in [2.05, 4.69) is 34.8 Å². The van der Waals surface area contributed by atoms with Gasteiger partial charge in [-0.1, -0.05) is 0 Å². The lowest BCUT2D eigenvalue weighted by atomic mass is 10.3. The Morgan fingerprint density at radius 2 is 2.27 bits per heavy atom. The molecule has 0 aliphatic carbocycles. The van der Waals surface area contributed by atoms with E-state index in [9.17, 15) is 0 Å². The predicted octanol–water partition coefficient (Wildman–Crippen LogP) is 2.31. The standard InChI is InChI=1S/C8H11IN2/c1-2-11-8-4-3-6(10)5-7(8)9/h3-5,11H,2,10H2,1H3. The van der Waals surface area contributed by atoms with Crippen LogP contribution in [0.1, 0.15) is 6.92 Å². The molecule has 0 unspecified atom stereocenters. The Hall–Kier alpha value is -0.450. The number of anilines is 2. The van der Waals surface area contributed by atoms with Crippen molar-refractivity contribution in [2.24, 2.45) is 0 Å². The Bertz CT molecular complexity index is 248. The van der Waals surface area contributed by atoms with E-state index in [1.807, 2.05) is 18.2 Å². The van der Waals surface area contributed by atoms with Gasteiger partial charge in [0.25, 0.3) is 0 Å². The molecule has 1 aromatic rings. The number of benzene rings is 1. The van der Waals surface area contributed by atoms with Gasteiger partial charge in [-0.2, -0.15) is 0 Å². The molecule has 0 spiro atoms. The topological polar surface area (TPSA) is 38.0 Å². The van der Waals surface area contributed by atoms with Gasteiger partial charge in [0.05, 0.1) is 0 Å². The minimum absolute atomic E-state index is 0.816. The van der Waals surface area contributed by atoms with E-state index in [1.165, 1.54) is 3.57 Å².